The zero-order chi connectivity index (χ0) is 7.56. The standard InChI is InChI=1S/C6H6N2O2/c1-4-8-5(3-10-4)6(9)7-2/h1,3H,2H3,(H,7,9). The Morgan fingerprint density at radius 2 is 2.60 bits per heavy atom. The Kier molecular flexibility index (Phi) is 1.71. The van der Waals surface area contributed by atoms with Crippen molar-refractivity contribution in [2.75, 3.05) is 7.05 Å². The Balaban J connectivity index is 2.85. The fourth-order valence-electron chi connectivity index (χ4n) is 0.520. The van der Waals surface area contributed by atoms with Gasteiger partial charge in [-0.2, -0.15) is 0 Å². The molecule has 1 heterocycles. The first-order valence-electron chi connectivity index (χ1n) is 2.67. The number of carbonyl (C=O) groups is 1. The average molecular weight is 138 g/mol. The van der Waals surface area contributed by atoms with Crippen LogP contribution in [0.2, 0.25) is 0 Å². The van der Waals surface area contributed by atoms with Crippen LogP contribution in [0.1, 0.15) is 16.4 Å². The maximum atomic E-state index is 10.7. The molecule has 10 heavy (non-hydrogen) atoms. The van der Waals surface area contributed by atoms with Crippen LogP contribution in [0.4, 0.5) is 0 Å². The Morgan fingerprint density at radius 3 is 3.00 bits per heavy atom. The lowest BCUT2D eigenvalue weighted by molar-refractivity contribution is 0.0958. The first-order chi connectivity index (χ1) is 4.74. The van der Waals surface area contributed by atoms with Gasteiger partial charge in [0.25, 0.3) is 5.91 Å². The van der Waals surface area contributed by atoms with Gasteiger partial charge in [-0.1, -0.05) is 0 Å². The first-order valence-corrected chi connectivity index (χ1v) is 2.67. The van der Waals surface area contributed by atoms with Gasteiger partial charge in [-0.25, -0.2) is 4.98 Å². The Labute approximate surface area is 58.3 Å². The minimum Gasteiger partial charge on any atom is -0.448 e. The van der Waals surface area contributed by atoms with Gasteiger partial charge in [0.2, 0.25) is 0 Å². The highest BCUT2D eigenvalue weighted by atomic mass is 16.3. The summed E-state index contributed by atoms with van der Waals surface area (Å²) in [7, 11) is 1.51. The van der Waals surface area contributed by atoms with Crippen LogP contribution in [-0.2, 0) is 0 Å². The molecule has 4 nitrogen and oxygen atoms in total. The summed E-state index contributed by atoms with van der Waals surface area (Å²) in [6, 6.07) is 0. The first kappa shape index (κ1) is 6.80. The van der Waals surface area contributed by atoms with Gasteiger partial charge in [0.05, 0.1) is 6.92 Å². The molecule has 0 unspecified atom stereocenters. The van der Waals surface area contributed by atoms with Gasteiger partial charge in [-0.15, -0.1) is 0 Å². The van der Waals surface area contributed by atoms with E-state index in [4.69, 9.17) is 6.92 Å². The van der Waals surface area contributed by atoms with Crippen molar-refractivity contribution in [3.63, 3.8) is 0 Å². The summed E-state index contributed by atoms with van der Waals surface area (Å²) in [6.45, 7) is 5.11. The molecule has 0 spiro atoms. The second-order valence-corrected chi connectivity index (χ2v) is 1.65. The second-order valence-electron chi connectivity index (χ2n) is 1.65. The smallest absolute Gasteiger partial charge is 0.272 e. The highest BCUT2D eigenvalue weighted by molar-refractivity contribution is 5.91. The molecule has 0 aromatic carbocycles. The molecule has 0 bridgehead atoms. The summed E-state index contributed by atoms with van der Waals surface area (Å²) < 4.78 is 4.59. The average Bonchev–Trinajstić information content (AvgIpc) is 2.34. The second kappa shape index (κ2) is 2.51. The molecule has 1 aromatic heterocycles. The van der Waals surface area contributed by atoms with Gasteiger partial charge >= 0.3 is 0 Å². The lowest BCUT2D eigenvalue weighted by Gasteiger charge is -1.88. The molecule has 52 valence electrons. The molecule has 2 radical (unpaired) electrons. The molecule has 0 aliphatic carbocycles. The quantitative estimate of drug-likeness (QED) is 0.598. The van der Waals surface area contributed by atoms with Gasteiger partial charge < -0.3 is 9.73 Å². The highest BCUT2D eigenvalue weighted by Crippen LogP contribution is 1.98. The number of amides is 1. The number of carbonyl (C=O) groups excluding carboxylic acids is 1. The molecular formula is C6H6N2O2. The molecule has 4 heteroatoms. The van der Waals surface area contributed by atoms with Crippen molar-refractivity contribution >= 4 is 5.91 Å². The predicted octanol–water partition coefficient (Wildman–Crippen LogP) is 0.0934. The summed E-state index contributed by atoms with van der Waals surface area (Å²) in [5.74, 6) is -0.306. The minimum absolute atomic E-state index is 0.00130. The number of aromatic nitrogens is 1. The maximum Gasteiger partial charge on any atom is 0.272 e. The summed E-state index contributed by atoms with van der Waals surface area (Å²) in [5, 5.41) is 2.38. The van der Waals surface area contributed by atoms with Crippen LogP contribution in [0.15, 0.2) is 10.7 Å². The van der Waals surface area contributed by atoms with Crippen LogP contribution in [0.3, 0.4) is 0 Å². The summed E-state index contributed by atoms with van der Waals surface area (Å²) in [5.41, 5.74) is 0.194. The third-order valence-electron chi connectivity index (χ3n) is 0.982. The van der Waals surface area contributed by atoms with E-state index in [1.165, 1.54) is 13.3 Å². The van der Waals surface area contributed by atoms with E-state index in [1.54, 1.807) is 0 Å². The Hall–Kier alpha value is -1.32. The van der Waals surface area contributed by atoms with E-state index in [0.717, 1.165) is 0 Å². The molecule has 1 rings (SSSR count). The number of nitrogens with zero attached hydrogens (tertiary/aromatic N) is 1. The van der Waals surface area contributed by atoms with Crippen LogP contribution in [0.5, 0.6) is 0 Å². The van der Waals surface area contributed by atoms with E-state index in [2.05, 4.69) is 14.7 Å². The van der Waals surface area contributed by atoms with Crippen molar-refractivity contribution in [1.82, 2.24) is 10.3 Å². The topological polar surface area (TPSA) is 55.1 Å². The number of nitrogens with one attached hydrogen (secondary N) is 1. The third-order valence-corrected chi connectivity index (χ3v) is 0.982. The minimum atomic E-state index is -0.305. The SMILES string of the molecule is [CH]c1nc(C(=O)NC)co1. The largest absolute Gasteiger partial charge is 0.448 e. The highest BCUT2D eigenvalue weighted by Gasteiger charge is 2.06. The van der Waals surface area contributed by atoms with Crippen molar-refractivity contribution in [3.8, 4) is 0 Å². The van der Waals surface area contributed by atoms with Crippen LogP contribution in [0.25, 0.3) is 0 Å². The van der Waals surface area contributed by atoms with Gasteiger partial charge in [0.1, 0.15) is 6.26 Å². The number of oxazole rings is 1. The molecule has 0 saturated carbocycles. The molecule has 0 saturated heterocycles. The number of hydrogen-bond acceptors (Lipinski definition) is 3. The summed E-state index contributed by atoms with van der Waals surface area (Å²) in [6.07, 6.45) is 1.20. The molecule has 0 aliphatic heterocycles. The van der Waals surface area contributed by atoms with Crippen molar-refractivity contribution in [2.24, 2.45) is 0 Å². The molecular weight excluding hydrogens is 132 g/mol. The lowest BCUT2D eigenvalue weighted by Crippen LogP contribution is -2.17. The van der Waals surface area contributed by atoms with E-state index < -0.39 is 0 Å². The zero-order valence-corrected chi connectivity index (χ0v) is 5.42. The molecule has 0 aliphatic rings. The molecule has 0 atom stereocenters. The predicted molar refractivity (Wildman–Crippen MR) is 33.3 cm³/mol. The maximum absolute atomic E-state index is 10.7. The molecule has 1 N–H and O–H groups in total. The fraction of sp³-hybridized carbons (Fsp3) is 0.167. The van der Waals surface area contributed by atoms with Crippen molar-refractivity contribution in [3.05, 3.63) is 24.8 Å². The zero-order valence-electron chi connectivity index (χ0n) is 5.42. The van der Waals surface area contributed by atoms with Crippen LogP contribution < -0.4 is 5.32 Å². The fourth-order valence-corrected chi connectivity index (χ4v) is 0.520. The van der Waals surface area contributed by atoms with Crippen LogP contribution in [0, 0.1) is 6.92 Å². The molecule has 1 amide bonds. The number of rotatable bonds is 1. The van der Waals surface area contributed by atoms with Crippen LogP contribution in [-0.4, -0.2) is 17.9 Å². The van der Waals surface area contributed by atoms with E-state index in [9.17, 15) is 4.79 Å². The van der Waals surface area contributed by atoms with Gasteiger partial charge in [-0.05, 0) is 0 Å². The van der Waals surface area contributed by atoms with E-state index in [1.807, 2.05) is 0 Å². The van der Waals surface area contributed by atoms with Gasteiger partial charge in [0.15, 0.2) is 11.6 Å². The van der Waals surface area contributed by atoms with E-state index >= 15 is 0 Å². The van der Waals surface area contributed by atoms with Crippen molar-refractivity contribution in [2.45, 2.75) is 0 Å². The van der Waals surface area contributed by atoms with E-state index in [-0.39, 0.29) is 17.5 Å². The monoisotopic (exact) mass is 138 g/mol. The Morgan fingerprint density at radius 1 is 1.90 bits per heavy atom. The summed E-state index contributed by atoms with van der Waals surface area (Å²) >= 11 is 0. The van der Waals surface area contributed by atoms with Crippen LogP contribution >= 0.6 is 0 Å². The molecule has 1 aromatic rings. The van der Waals surface area contributed by atoms with Crippen molar-refractivity contribution < 1.29 is 9.21 Å². The molecule has 0 fully saturated rings. The Bertz CT molecular complexity index is 242. The van der Waals surface area contributed by atoms with E-state index in [0.29, 0.717) is 0 Å². The van der Waals surface area contributed by atoms with Crippen molar-refractivity contribution in [1.29, 1.82) is 0 Å². The number of hydrogen-bond donors (Lipinski definition) is 1. The normalized spacial score (nSPS) is 9.40. The lowest BCUT2D eigenvalue weighted by atomic mass is 10.5. The third kappa shape index (κ3) is 1.15. The van der Waals surface area contributed by atoms with Gasteiger partial charge in [0, 0.05) is 7.05 Å². The van der Waals surface area contributed by atoms with Gasteiger partial charge in [-0.3, -0.25) is 4.79 Å². The summed E-state index contributed by atoms with van der Waals surface area (Å²) in [4.78, 5) is 14.3.